The van der Waals surface area contributed by atoms with Crippen LogP contribution in [0, 0.1) is 0 Å². The molecule has 21 heavy (non-hydrogen) atoms. The molecular formula is C18H36N2O. The molecule has 0 aliphatic carbocycles. The van der Waals surface area contributed by atoms with Crippen LogP contribution in [0.1, 0.15) is 84.5 Å². The van der Waals surface area contributed by atoms with Gasteiger partial charge in [0.1, 0.15) is 0 Å². The maximum Gasteiger partial charge on any atom is 0.222 e. The van der Waals surface area contributed by atoms with Crippen LogP contribution in [0.5, 0.6) is 0 Å². The Morgan fingerprint density at radius 3 is 2.19 bits per heavy atom. The Morgan fingerprint density at radius 1 is 0.952 bits per heavy atom. The number of hydrogen-bond donors (Lipinski definition) is 1. The lowest BCUT2D eigenvalue weighted by atomic mass is 10.0. The van der Waals surface area contributed by atoms with Crippen LogP contribution >= 0.6 is 0 Å². The van der Waals surface area contributed by atoms with E-state index in [1.54, 1.807) is 0 Å². The second-order valence-corrected chi connectivity index (χ2v) is 6.48. The summed E-state index contributed by atoms with van der Waals surface area (Å²) in [7, 11) is 0. The summed E-state index contributed by atoms with van der Waals surface area (Å²) in [6, 6.07) is 0.632. The van der Waals surface area contributed by atoms with Gasteiger partial charge < -0.3 is 10.2 Å². The first-order valence-electron chi connectivity index (χ1n) is 9.29. The third-order valence-electron chi connectivity index (χ3n) is 4.52. The summed E-state index contributed by atoms with van der Waals surface area (Å²) in [5, 5.41) is 3.57. The SMILES string of the molecule is CCCCCCCCCC(=O)N1CCC(NCCC)CC1. The van der Waals surface area contributed by atoms with Gasteiger partial charge in [0.15, 0.2) is 0 Å². The minimum Gasteiger partial charge on any atom is -0.343 e. The van der Waals surface area contributed by atoms with Gasteiger partial charge in [-0.05, 0) is 32.2 Å². The van der Waals surface area contributed by atoms with Gasteiger partial charge in [0.05, 0.1) is 0 Å². The van der Waals surface area contributed by atoms with E-state index in [1.807, 2.05) is 0 Å². The molecule has 1 N–H and O–H groups in total. The zero-order chi connectivity index (χ0) is 15.3. The van der Waals surface area contributed by atoms with Gasteiger partial charge in [-0.2, -0.15) is 0 Å². The molecule has 0 spiro atoms. The number of nitrogens with one attached hydrogen (secondary N) is 1. The van der Waals surface area contributed by atoms with E-state index in [0.717, 1.165) is 45.3 Å². The Kier molecular flexibility index (Phi) is 10.6. The van der Waals surface area contributed by atoms with Crippen molar-refractivity contribution in [1.29, 1.82) is 0 Å². The maximum absolute atomic E-state index is 12.2. The summed E-state index contributed by atoms with van der Waals surface area (Å²) >= 11 is 0. The smallest absolute Gasteiger partial charge is 0.222 e. The van der Waals surface area contributed by atoms with Crippen LogP contribution in [-0.4, -0.2) is 36.5 Å². The predicted octanol–water partition coefficient (Wildman–Crippen LogP) is 4.12. The van der Waals surface area contributed by atoms with Crippen molar-refractivity contribution < 1.29 is 4.79 Å². The molecule has 0 bridgehead atoms. The highest BCUT2D eigenvalue weighted by Gasteiger charge is 2.21. The van der Waals surface area contributed by atoms with Gasteiger partial charge in [-0.15, -0.1) is 0 Å². The van der Waals surface area contributed by atoms with E-state index in [-0.39, 0.29) is 0 Å². The molecular weight excluding hydrogens is 260 g/mol. The third kappa shape index (κ3) is 8.45. The van der Waals surface area contributed by atoms with Gasteiger partial charge in [0.25, 0.3) is 0 Å². The fourth-order valence-electron chi connectivity index (χ4n) is 3.07. The van der Waals surface area contributed by atoms with Gasteiger partial charge in [0, 0.05) is 25.6 Å². The molecule has 1 amide bonds. The summed E-state index contributed by atoms with van der Waals surface area (Å²) in [5.41, 5.74) is 0. The van der Waals surface area contributed by atoms with E-state index >= 15 is 0 Å². The van der Waals surface area contributed by atoms with E-state index in [0.29, 0.717) is 11.9 Å². The third-order valence-corrected chi connectivity index (χ3v) is 4.52. The Bertz CT molecular complexity index is 260. The molecule has 1 rings (SSSR count). The topological polar surface area (TPSA) is 32.3 Å². The highest BCUT2D eigenvalue weighted by atomic mass is 16.2. The van der Waals surface area contributed by atoms with Crippen LogP contribution in [0.25, 0.3) is 0 Å². The van der Waals surface area contributed by atoms with Crippen LogP contribution < -0.4 is 5.32 Å². The molecule has 0 atom stereocenters. The molecule has 0 unspecified atom stereocenters. The quantitative estimate of drug-likeness (QED) is 0.582. The fraction of sp³-hybridized carbons (Fsp3) is 0.944. The molecule has 0 aromatic rings. The van der Waals surface area contributed by atoms with Gasteiger partial charge in [0.2, 0.25) is 5.91 Å². The van der Waals surface area contributed by atoms with E-state index in [9.17, 15) is 4.79 Å². The Morgan fingerprint density at radius 2 is 1.57 bits per heavy atom. The van der Waals surface area contributed by atoms with Crippen molar-refractivity contribution in [3.63, 3.8) is 0 Å². The summed E-state index contributed by atoms with van der Waals surface area (Å²) < 4.78 is 0. The minimum absolute atomic E-state index is 0.387. The van der Waals surface area contributed by atoms with Gasteiger partial charge in [-0.1, -0.05) is 52.4 Å². The first-order chi connectivity index (χ1) is 10.3. The number of piperidine rings is 1. The normalized spacial score (nSPS) is 16.4. The Labute approximate surface area is 131 Å². The molecule has 0 aromatic heterocycles. The average Bonchev–Trinajstić information content (AvgIpc) is 2.52. The van der Waals surface area contributed by atoms with E-state index in [4.69, 9.17) is 0 Å². The highest BCUT2D eigenvalue weighted by Crippen LogP contribution is 2.14. The number of amides is 1. The standard InChI is InChI=1S/C18H36N2O/c1-3-5-6-7-8-9-10-11-18(21)20-15-12-17(13-16-20)19-14-4-2/h17,19H,3-16H2,1-2H3. The van der Waals surface area contributed by atoms with E-state index < -0.39 is 0 Å². The van der Waals surface area contributed by atoms with Crippen molar-refractivity contribution in [2.24, 2.45) is 0 Å². The van der Waals surface area contributed by atoms with Crippen molar-refractivity contribution in [3.05, 3.63) is 0 Å². The van der Waals surface area contributed by atoms with Crippen molar-refractivity contribution in [2.75, 3.05) is 19.6 Å². The average molecular weight is 296 g/mol. The lowest BCUT2D eigenvalue weighted by Gasteiger charge is -2.32. The van der Waals surface area contributed by atoms with Crippen LogP contribution in [0.3, 0.4) is 0 Å². The number of carbonyl (C=O) groups excluding carboxylic acids is 1. The zero-order valence-electron chi connectivity index (χ0n) is 14.3. The summed E-state index contributed by atoms with van der Waals surface area (Å²) in [5.74, 6) is 0.387. The number of hydrogen-bond acceptors (Lipinski definition) is 2. The first kappa shape index (κ1) is 18.5. The first-order valence-corrected chi connectivity index (χ1v) is 9.29. The zero-order valence-corrected chi connectivity index (χ0v) is 14.3. The van der Waals surface area contributed by atoms with Gasteiger partial charge in [-0.25, -0.2) is 0 Å². The fourth-order valence-corrected chi connectivity index (χ4v) is 3.07. The summed E-state index contributed by atoms with van der Waals surface area (Å²) in [6.45, 7) is 7.47. The van der Waals surface area contributed by atoms with Crippen LogP contribution in [0.2, 0.25) is 0 Å². The molecule has 1 saturated heterocycles. The number of rotatable bonds is 11. The molecule has 1 fully saturated rings. The van der Waals surface area contributed by atoms with Gasteiger partial charge >= 0.3 is 0 Å². The number of carbonyl (C=O) groups is 1. The molecule has 1 aliphatic rings. The molecule has 0 saturated carbocycles. The molecule has 124 valence electrons. The molecule has 0 radical (unpaired) electrons. The van der Waals surface area contributed by atoms with Crippen molar-refractivity contribution in [1.82, 2.24) is 10.2 Å². The molecule has 0 aromatic carbocycles. The predicted molar refractivity (Wildman–Crippen MR) is 90.5 cm³/mol. The van der Waals surface area contributed by atoms with Gasteiger partial charge in [-0.3, -0.25) is 4.79 Å². The Balaban J connectivity index is 2.00. The molecule has 3 nitrogen and oxygen atoms in total. The van der Waals surface area contributed by atoms with Crippen molar-refractivity contribution in [3.8, 4) is 0 Å². The highest BCUT2D eigenvalue weighted by molar-refractivity contribution is 5.76. The lowest BCUT2D eigenvalue weighted by Crippen LogP contribution is -2.45. The van der Waals surface area contributed by atoms with Crippen LogP contribution in [-0.2, 0) is 4.79 Å². The van der Waals surface area contributed by atoms with Crippen LogP contribution in [0.4, 0.5) is 0 Å². The minimum atomic E-state index is 0.387. The second kappa shape index (κ2) is 12.0. The van der Waals surface area contributed by atoms with E-state index in [2.05, 4.69) is 24.1 Å². The number of nitrogens with zero attached hydrogens (tertiary/aromatic N) is 1. The second-order valence-electron chi connectivity index (χ2n) is 6.48. The van der Waals surface area contributed by atoms with E-state index in [1.165, 1.54) is 44.9 Å². The largest absolute Gasteiger partial charge is 0.343 e. The molecule has 1 aliphatic heterocycles. The summed E-state index contributed by atoms with van der Waals surface area (Å²) in [6.07, 6.45) is 13.2. The van der Waals surface area contributed by atoms with Crippen molar-refractivity contribution >= 4 is 5.91 Å². The number of likely N-dealkylation sites (tertiary alicyclic amines) is 1. The Hall–Kier alpha value is -0.570. The lowest BCUT2D eigenvalue weighted by molar-refractivity contribution is -0.132. The molecule has 1 heterocycles. The molecule has 3 heteroatoms. The number of unbranched alkanes of at least 4 members (excludes halogenated alkanes) is 6. The van der Waals surface area contributed by atoms with Crippen molar-refractivity contribution in [2.45, 2.75) is 90.5 Å². The monoisotopic (exact) mass is 296 g/mol. The summed E-state index contributed by atoms with van der Waals surface area (Å²) in [4.78, 5) is 14.2. The van der Waals surface area contributed by atoms with Crippen LogP contribution in [0.15, 0.2) is 0 Å². The maximum atomic E-state index is 12.2.